The summed E-state index contributed by atoms with van der Waals surface area (Å²) in [5.41, 5.74) is 2.31. The number of β-amino-alcohol motifs (C(OH)–C–C–N with tert-alkyl or cyclic N) is 1. The van der Waals surface area contributed by atoms with Gasteiger partial charge in [-0.2, -0.15) is 0 Å². The molecule has 3 aromatic rings. The molecule has 1 aliphatic rings. The molecule has 1 saturated carbocycles. The molecule has 1 aromatic heterocycles. The van der Waals surface area contributed by atoms with Gasteiger partial charge in [0.25, 0.3) is 0 Å². The number of hydrogen-bond acceptors (Lipinski definition) is 4. The van der Waals surface area contributed by atoms with E-state index in [0.717, 1.165) is 16.3 Å². The van der Waals surface area contributed by atoms with E-state index in [9.17, 15) is 5.11 Å². The number of rotatable bonds is 10. The third-order valence-corrected chi connectivity index (χ3v) is 6.82. The highest BCUT2D eigenvalue weighted by atomic mass is 35.5. The lowest BCUT2D eigenvalue weighted by Crippen LogP contribution is -2.46. The molecule has 0 aliphatic heterocycles. The van der Waals surface area contributed by atoms with Crippen LogP contribution in [0.2, 0.25) is 4.34 Å². The number of aliphatic hydroxyl groups is 1. The van der Waals surface area contributed by atoms with Crippen LogP contribution in [0.5, 0.6) is 0 Å². The minimum absolute atomic E-state index is 0.0500. The van der Waals surface area contributed by atoms with Crippen LogP contribution in [0.1, 0.15) is 43.9 Å². The quantitative estimate of drug-likeness (QED) is 0.404. The maximum absolute atomic E-state index is 10.5. The Balaban J connectivity index is 1.28. The Morgan fingerprint density at radius 1 is 1.17 bits per heavy atom. The first-order chi connectivity index (χ1) is 14.4. The summed E-state index contributed by atoms with van der Waals surface area (Å²) in [5.74, 6) is 0.556. The molecule has 5 heteroatoms. The van der Waals surface area contributed by atoms with E-state index < -0.39 is 6.10 Å². The molecule has 0 spiro atoms. The fourth-order valence-electron chi connectivity index (χ4n) is 3.97. The Kier molecular flexibility index (Phi) is 6.81. The van der Waals surface area contributed by atoms with Crippen molar-refractivity contribution in [1.29, 1.82) is 0 Å². The number of aliphatic hydroxyl groups excluding tert-OH is 1. The predicted octanol–water partition coefficient (Wildman–Crippen LogP) is 5.99. The number of ether oxygens (including phenoxy) is 1. The van der Waals surface area contributed by atoms with E-state index in [2.05, 4.69) is 67.0 Å². The van der Waals surface area contributed by atoms with Crippen LogP contribution in [0.15, 0.2) is 53.9 Å². The van der Waals surface area contributed by atoms with Gasteiger partial charge in [0, 0.05) is 12.1 Å². The van der Waals surface area contributed by atoms with Crippen molar-refractivity contribution in [3.63, 3.8) is 0 Å². The summed E-state index contributed by atoms with van der Waals surface area (Å²) in [6.07, 6.45) is 2.77. The lowest BCUT2D eigenvalue weighted by molar-refractivity contribution is -0.0209. The van der Waals surface area contributed by atoms with Gasteiger partial charge in [-0.1, -0.05) is 54.1 Å². The number of halogens is 1. The third-order valence-electron chi connectivity index (χ3n) is 5.71. The molecule has 160 valence electrons. The first kappa shape index (κ1) is 21.8. The van der Waals surface area contributed by atoms with E-state index in [1.807, 2.05) is 6.07 Å². The van der Waals surface area contributed by atoms with Crippen LogP contribution < -0.4 is 5.32 Å². The van der Waals surface area contributed by atoms with Crippen LogP contribution >= 0.6 is 22.9 Å². The van der Waals surface area contributed by atoms with Crippen molar-refractivity contribution in [3.8, 4) is 0 Å². The summed E-state index contributed by atoms with van der Waals surface area (Å²) in [5, 5.41) is 18.6. The summed E-state index contributed by atoms with van der Waals surface area (Å²) in [6, 6.07) is 17.0. The highest BCUT2D eigenvalue weighted by Gasteiger charge is 2.34. The van der Waals surface area contributed by atoms with Crippen molar-refractivity contribution in [2.24, 2.45) is 5.92 Å². The van der Waals surface area contributed by atoms with E-state index in [-0.39, 0.29) is 11.6 Å². The van der Waals surface area contributed by atoms with E-state index in [4.69, 9.17) is 16.3 Å². The van der Waals surface area contributed by atoms with E-state index >= 15 is 0 Å². The third kappa shape index (κ3) is 5.83. The Labute approximate surface area is 188 Å². The van der Waals surface area contributed by atoms with Gasteiger partial charge in [0.2, 0.25) is 0 Å². The van der Waals surface area contributed by atoms with Gasteiger partial charge >= 0.3 is 0 Å². The van der Waals surface area contributed by atoms with Crippen molar-refractivity contribution in [1.82, 2.24) is 5.32 Å². The molecule has 1 heterocycles. The average Bonchev–Trinajstić information content (AvgIpc) is 3.47. The Hall–Kier alpha value is -1.43. The Morgan fingerprint density at radius 3 is 2.63 bits per heavy atom. The second-order valence-electron chi connectivity index (χ2n) is 9.05. The maximum atomic E-state index is 10.5. The second kappa shape index (κ2) is 9.37. The van der Waals surface area contributed by atoms with Gasteiger partial charge in [-0.05, 0) is 72.4 Å². The van der Waals surface area contributed by atoms with Crippen LogP contribution in [-0.2, 0) is 11.2 Å². The van der Waals surface area contributed by atoms with E-state index in [0.29, 0.717) is 19.1 Å². The van der Waals surface area contributed by atoms with Gasteiger partial charge in [0.05, 0.1) is 23.2 Å². The zero-order chi connectivity index (χ0) is 21.1. The average molecular weight is 444 g/mol. The molecule has 4 rings (SSSR count). The molecule has 2 atom stereocenters. The molecule has 0 bridgehead atoms. The SMILES string of the molecule is CC(C)(Cc1ccc2ccccc2c1)NCC(O)COC(c1csc(Cl)c1)C1CC1. The Morgan fingerprint density at radius 2 is 1.93 bits per heavy atom. The van der Waals surface area contributed by atoms with Crippen molar-refractivity contribution in [2.75, 3.05) is 13.2 Å². The van der Waals surface area contributed by atoms with Gasteiger partial charge in [0.15, 0.2) is 0 Å². The number of benzene rings is 2. The first-order valence-corrected chi connectivity index (χ1v) is 11.9. The van der Waals surface area contributed by atoms with Crippen LogP contribution in [0.25, 0.3) is 10.8 Å². The zero-order valence-electron chi connectivity index (χ0n) is 17.6. The monoisotopic (exact) mass is 443 g/mol. The lowest BCUT2D eigenvalue weighted by Gasteiger charge is -2.28. The molecular weight excluding hydrogens is 414 g/mol. The van der Waals surface area contributed by atoms with Gasteiger partial charge in [-0.3, -0.25) is 0 Å². The number of thiophene rings is 1. The number of nitrogens with one attached hydrogen (secondary N) is 1. The molecule has 0 radical (unpaired) electrons. The fraction of sp³-hybridized carbons (Fsp3) is 0.440. The summed E-state index contributed by atoms with van der Waals surface area (Å²) in [4.78, 5) is 0. The minimum atomic E-state index is -0.545. The molecule has 30 heavy (non-hydrogen) atoms. The largest absolute Gasteiger partial charge is 0.389 e. The molecule has 0 amide bonds. The van der Waals surface area contributed by atoms with Crippen molar-refractivity contribution < 1.29 is 9.84 Å². The van der Waals surface area contributed by atoms with Gasteiger partial charge in [0.1, 0.15) is 0 Å². The Bertz CT molecular complexity index is 982. The van der Waals surface area contributed by atoms with Crippen LogP contribution in [0.3, 0.4) is 0 Å². The summed E-state index contributed by atoms with van der Waals surface area (Å²) >= 11 is 7.63. The zero-order valence-corrected chi connectivity index (χ0v) is 19.2. The molecule has 2 N–H and O–H groups in total. The van der Waals surface area contributed by atoms with Crippen LogP contribution in [0, 0.1) is 5.92 Å². The van der Waals surface area contributed by atoms with Crippen LogP contribution in [-0.4, -0.2) is 29.9 Å². The molecule has 2 unspecified atom stereocenters. The maximum Gasteiger partial charge on any atom is 0.0932 e. The summed E-state index contributed by atoms with van der Waals surface area (Å²) in [6.45, 7) is 5.18. The molecular formula is C25H30ClNO2S. The predicted molar refractivity (Wildman–Crippen MR) is 126 cm³/mol. The smallest absolute Gasteiger partial charge is 0.0932 e. The summed E-state index contributed by atoms with van der Waals surface area (Å²) in [7, 11) is 0. The molecule has 2 aromatic carbocycles. The van der Waals surface area contributed by atoms with Crippen molar-refractivity contribution in [2.45, 2.75) is 50.9 Å². The van der Waals surface area contributed by atoms with Crippen molar-refractivity contribution in [3.05, 3.63) is 69.4 Å². The highest BCUT2D eigenvalue weighted by molar-refractivity contribution is 7.14. The van der Waals surface area contributed by atoms with Gasteiger partial charge in [-0.15, -0.1) is 11.3 Å². The van der Waals surface area contributed by atoms with E-state index in [1.165, 1.54) is 40.5 Å². The normalized spacial score (nSPS) is 16.7. The first-order valence-electron chi connectivity index (χ1n) is 10.7. The molecule has 0 saturated heterocycles. The fourth-order valence-corrected chi connectivity index (χ4v) is 4.88. The number of hydrogen-bond donors (Lipinski definition) is 2. The van der Waals surface area contributed by atoms with Crippen LogP contribution in [0.4, 0.5) is 0 Å². The van der Waals surface area contributed by atoms with E-state index in [1.54, 1.807) is 0 Å². The van der Waals surface area contributed by atoms with Gasteiger partial charge in [-0.25, -0.2) is 0 Å². The topological polar surface area (TPSA) is 41.5 Å². The summed E-state index contributed by atoms with van der Waals surface area (Å²) < 4.78 is 6.91. The molecule has 3 nitrogen and oxygen atoms in total. The van der Waals surface area contributed by atoms with Crippen molar-refractivity contribution >= 4 is 33.7 Å². The molecule has 1 fully saturated rings. The lowest BCUT2D eigenvalue weighted by atomic mass is 9.93. The second-order valence-corrected chi connectivity index (χ2v) is 10.6. The molecule has 1 aliphatic carbocycles. The van der Waals surface area contributed by atoms with Gasteiger partial charge < -0.3 is 15.2 Å². The minimum Gasteiger partial charge on any atom is -0.389 e. The standard InChI is InChI=1S/C25H30ClNO2S/c1-25(2,13-17-7-8-18-5-3-4-6-20(18)11-17)27-14-22(28)15-29-24(19-9-10-19)21-12-23(26)30-16-21/h3-8,11-12,16,19,22,24,27-28H,9-10,13-15H2,1-2H3. The number of fused-ring (bicyclic) bond motifs is 1. The highest BCUT2D eigenvalue weighted by Crippen LogP contribution is 2.44.